The number of fused-ring (bicyclic) bond motifs is 3. The van der Waals surface area contributed by atoms with Gasteiger partial charge in [0.15, 0.2) is 6.61 Å². The molecule has 150 valence electrons. The number of carbonyl (C=O) groups excluding carboxylic acids is 2. The molecule has 30 heavy (non-hydrogen) atoms. The zero-order valence-corrected chi connectivity index (χ0v) is 16.8. The van der Waals surface area contributed by atoms with Crippen LogP contribution in [0.2, 0.25) is 0 Å². The van der Waals surface area contributed by atoms with Crippen LogP contribution in [0.25, 0.3) is 11.1 Å². The fourth-order valence-electron chi connectivity index (χ4n) is 3.40. The van der Waals surface area contributed by atoms with E-state index in [1.54, 1.807) is 38.4 Å². The Hall–Kier alpha value is -3.93. The number of rotatable bonds is 5. The molecule has 6 nitrogen and oxygen atoms in total. The number of benzene rings is 3. The second-order valence-corrected chi connectivity index (χ2v) is 7.13. The zero-order chi connectivity index (χ0) is 21.1. The van der Waals surface area contributed by atoms with Crippen LogP contribution in [-0.4, -0.2) is 43.1 Å². The minimum Gasteiger partial charge on any atom is -0.385 e. The third-order valence-corrected chi connectivity index (χ3v) is 4.83. The number of amides is 2. The highest BCUT2D eigenvalue weighted by molar-refractivity contribution is 6.24. The lowest BCUT2D eigenvalue weighted by molar-refractivity contribution is -0.120. The highest BCUT2D eigenvalue weighted by Crippen LogP contribution is 2.36. The van der Waals surface area contributed by atoms with Crippen molar-refractivity contribution in [3.05, 3.63) is 89.5 Å². The number of oxime groups is 1. The quantitative estimate of drug-likeness (QED) is 0.519. The van der Waals surface area contributed by atoms with Crippen molar-refractivity contribution in [2.45, 2.75) is 0 Å². The summed E-state index contributed by atoms with van der Waals surface area (Å²) in [5.74, 6) is -0.422. The molecule has 0 saturated heterocycles. The van der Waals surface area contributed by atoms with E-state index in [4.69, 9.17) is 4.84 Å². The second kappa shape index (κ2) is 8.21. The van der Waals surface area contributed by atoms with Gasteiger partial charge in [0, 0.05) is 36.5 Å². The van der Waals surface area contributed by atoms with Crippen LogP contribution in [0.3, 0.4) is 0 Å². The van der Waals surface area contributed by atoms with Crippen molar-refractivity contribution in [2.75, 3.05) is 26.0 Å². The van der Waals surface area contributed by atoms with Gasteiger partial charge >= 0.3 is 0 Å². The first-order valence-corrected chi connectivity index (χ1v) is 9.55. The number of hydrogen-bond acceptors (Lipinski definition) is 4. The van der Waals surface area contributed by atoms with Crippen LogP contribution in [0, 0.1) is 0 Å². The molecule has 0 radical (unpaired) electrons. The average Bonchev–Trinajstić information content (AvgIpc) is 3.08. The summed E-state index contributed by atoms with van der Waals surface area (Å²) in [4.78, 5) is 31.0. The predicted octanol–water partition coefficient (Wildman–Crippen LogP) is 3.78. The Labute approximate surface area is 174 Å². The van der Waals surface area contributed by atoms with E-state index in [0.717, 1.165) is 28.0 Å². The van der Waals surface area contributed by atoms with E-state index in [2.05, 4.69) is 10.5 Å². The summed E-state index contributed by atoms with van der Waals surface area (Å²) in [5.41, 5.74) is 6.04. The Kier molecular flexibility index (Phi) is 5.30. The topological polar surface area (TPSA) is 71.0 Å². The minimum atomic E-state index is -0.328. The van der Waals surface area contributed by atoms with Gasteiger partial charge < -0.3 is 15.1 Å². The van der Waals surface area contributed by atoms with Crippen LogP contribution in [-0.2, 0) is 9.63 Å². The molecule has 0 unspecified atom stereocenters. The Bertz CT molecular complexity index is 1090. The summed E-state index contributed by atoms with van der Waals surface area (Å²) in [5, 5.41) is 6.99. The van der Waals surface area contributed by atoms with E-state index in [-0.39, 0.29) is 18.4 Å². The molecular weight excluding hydrogens is 378 g/mol. The normalized spacial score (nSPS) is 11.3. The van der Waals surface area contributed by atoms with Crippen molar-refractivity contribution < 1.29 is 14.4 Å². The minimum absolute atomic E-state index is 0.0934. The van der Waals surface area contributed by atoms with E-state index in [1.807, 2.05) is 48.5 Å². The Morgan fingerprint density at radius 2 is 1.37 bits per heavy atom. The molecule has 0 bridgehead atoms. The van der Waals surface area contributed by atoms with Crippen molar-refractivity contribution in [1.29, 1.82) is 0 Å². The van der Waals surface area contributed by atoms with Gasteiger partial charge in [-0.3, -0.25) is 9.59 Å². The summed E-state index contributed by atoms with van der Waals surface area (Å²) in [6, 6.07) is 22.7. The number of nitrogens with zero attached hydrogens (tertiary/aromatic N) is 2. The average molecular weight is 399 g/mol. The molecule has 6 heteroatoms. The van der Waals surface area contributed by atoms with E-state index in [1.165, 1.54) is 4.90 Å². The van der Waals surface area contributed by atoms with Crippen molar-refractivity contribution in [1.82, 2.24) is 4.90 Å². The summed E-state index contributed by atoms with van der Waals surface area (Å²) < 4.78 is 0. The first-order valence-electron chi connectivity index (χ1n) is 9.55. The first-order chi connectivity index (χ1) is 14.5. The molecule has 0 fully saturated rings. The van der Waals surface area contributed by atoms with Gasteiger partial charge in [0.05, 0.1) is 0 Å². The van der Waals surface area contributed by atoms with Crippen LogP contribution in [0.15, 0.2) is 78.0 Å². The van der Waals surface area contributed by atoms with E-state index >= 15 is 0 Å². The van der Waals surface area contributed by atoms with E-state index in [9.17, 15) is 9.59 Å². The van der Waals surface area contributed by atoms with Gasteiger partial charge in [0.25, 0.3) is 11.8 Å². The highest BCUT2D eigenvalue weighted by atomic mass is 16.6. The maximum Gasteiger partial charge on any atom is 0.265 e. The number of anilines is 1. The van der Waals surface area contributed by atoms with Gasteiger partial charge in [0.1, 0.15) is 5.71 Å². The number of nitrogens with one attached hydrogen (secondary N) is 1. The molecule has 2 amide bonds. The summed E-state index contributed by atoms with van der Waals surface area (Å²) >= 11 is 0. The molecule has 0 aromatic heterocycles. The van der Waals surface area contributed by atoms with Crippen molar-refractivity contribution in [3.63, 3.8) is 0 Å². The standard InChI is InChI=1S/C24H21N3O3/c1-27(2)24(29)16-11-13-17(14-12-16)25-22(28)15-30-26-23-20-9-5-3-7-18(20)19-8-4-6-10-21(19)23/h3-14H,15H2,1-2H3,(H,25,28). The molecule has 0 heterocycles. The van der Waals surface area contributed by atoms with Crippen molar-refractivity contribution in [3.8, 4) is 11.1 Å². The fourth-order valence-corrected chi connectivity index (χ4v) is 3.40. The summed E-state index contributed by atoms with van der Waals surface area (Å²) in [7, 11) is 3.38. The lowest BCUT2D eigenvalue weighted by atomic mass is 10.1. The molecule has 1 aliphatic carbocycles. The van der Waals surface area contributed by atoms with Crippen LogP contribution in [0.4, 0.5) is 5.69 Å². The van der Waals surface area contributed by atoms with Gasteiger partial charge in [-0.25, -0.2) is 0 Å². The highest BCUT2D eigenvalue weighted by Gasteiger charge is 2.24. The second-order valence-electron chi connectivity index (χ2n) is 7.13. The SMILES string of the molecule is CN(C)C(=O)c1ccc(NC(=O)CON=C2c3ccccc3-c3ccccc32)cc1. The summed E-state index contributed by atoms with van der Waals surface area (Å²) in [6.07, 6.45) is 0. The third kappa shape index (κ3) is 3.80. The van der Waals surface area contributed by atoms with Gasteiger partial charge in [-0.15, -0.1) is 0 Å². The molecule has 3 aromatic rings. The van der Waals surface area contributed by atoms with Crippen LogP contribution < -0.4 is 5.32 Å². The number of carbonyl (C=O) groups is 2. The maximum absolute atomic E-state index is 12.2. The van der Waals surface area contributed by atoms with Gasteiger partial charge in [-0.2, -0.15) is 0 Å². The third-order valence-electron chi connectivity index (χ3n) is 4.83. The van der Waals surface area contributed by atoms with Crippen LogP contribution in [0.1, 0.15) is 21.5 Å². The molecule has 1 N–H and O–H groups in total. The lowest BCUT2D eigenvalue weighted by Crippen LogP contribution is -2.21. The molecule has 0 spiro atoms. The molecule has 0 aliphatic heterocycles. The fraction of sp³-hybridized carbons (Fsp3) is 0.125. The Balaban J connectivity index is 1.41. The largest absolute Gasteiger partial charge is 0.385 e. The van der Waals surface area contributed by atoms with E-state index < -0.39 is 0 Å². The molecule has 3 aromatic carbocycles. The zero-order valence-electron chi connectivity index (χ0n) is 16.8. The number of hydrogen-bond donors (Lipinski definition) is 1. The molecular formula is C24H21N3O3. The van der Waals surface area contributed by atoms with Gasteiger partial charge in [0.2, 0.25) is 0 Å². The predicted molar refractivity (Wildman–Crippen MR) is 117 cm³/mol. The van der Waals surface area contributed by atoms with E-state index in [0.29, 0.717) is 11.3 Å². The molecule has 1 aliphatic rings. The van der Waals surface area contributed by atoms with Crippen molar-refractivity contribution >= 4 is 23.2 Å². The first kappa shape index (κ1) is 19.4. The monoisotopic (exact) mass is 399 g/mol. The molecule has 0 saturated carbocycles. The van der Waals surface area contributed by atoms with Gasteiger partial charge in [-0.1, -0.05) is 53.7 Å². The molecule has 4 rings (SSSR count). The van der Waals surface area contributed by atoms with Crippen LogP contribution >= 0.6 is 0 Å². The maximum atomic E-state index is 12.2. The van der Waals surface area contributed by atoms with Gasteiger partial charge in [-0.05, 0) is 35.4 Å². The van der Waals surface area contributed by atoms with Crippen molar-refractivity contribution in [2.24, 2.45) is 5.16 Å². The summed E-state index contributed by atoms with van der Waals surface area (Å²) in [6.45, 7) is -0.216. The van der Waals surface area contributed by atoms with Crippen LogP contribution in [0.5, 0.6) is 0 Å². The smallest absolute Gasteiger partial charge is 0.265 e. The lowest BCUT2D eigenvalue weighted by Gasteiger charge is -2.11. The Morgan fingerprint density at radius 3 is 1.90 bits per heavy atom. The Morgan fingerprint density at radius 1 is 0.833 bits per heavy atom. The molecule has 0 atom stereocenters.